The summed E-state index contributed by atoms with van der Waals surface area (Å²) in [4.78, 5) is 30.8. The number of rotatable bonds is 5. The minimum absolute atomic E-state index is 0.0465. The van der Waals surface area contributed by atoms with Crippen LogP contribution in [0.15, 0.2) is 35.8 Å². The van der Waals surface area contributed by atoms with Crippen molar-refractivity contribution in [2.75, 3.05) is 25.5 Å². The lowest BCUT2D eigenvalue weighted by Gasteiger charge is -2.36. The fraction of sp³-hybridized carbons (Fsp3) is 0.391. The van der Waals surface area contributed by atoms with Gasteiger partial charge in [-0.25, -0.2) is 19.3 Å². The highest BCUT2D eigenvalue weighted by Gasteiger charge is 2.32. The predicted molar refractivity (Wildman–Crippen MR) is 121 cm³/mol. The average molecular weight is 440 g/mol. The fourth-order valence-electron chi connectivity index (χ4n) is 3.99. The molecule has 0 bridgehead atoms. The molecule has 3 aromatic rings. The highest BCUT2D eigenvalue weighted by molar-refractivity contribution is 7.09. The van der Waals surface area contributed by atoms with Crippen LogP contribution < -0.4 is 4.90 Å². The standard InChI is InChI=1S/C23H26FN5OS/c1-15-26-18(14-31-15)12-21(30)29-10-5-4-9-20(29)22-19(13-25-23(27-22)28(2)3)16-7-6-8-17(24)11-16/h6-8,11,13-14,20H,4-5,9-10,12H2,1-3H3. The van der Waals surface area contributed by atoms with Crippen LogP contribution in [0.3, 0.4) is 0 Å². The van der Waals surface area contributed by atoms with Gasteiger partial charge in [-0.15, -0.1) is 11.3 Å². The number of benzene rings is 1. The van der Waals surface area contributed by atoms with E-state index in [9.17, 15) is 9.18 Å². The van der Waals surface area contributed by atoms with Crippen LogP contribution in [0.2, 0.25) is 0 Å². The summed E-state index contributed by atoms with van der Waals surface area (Å²) in [6.07, 6.45) is 4.80. The van der Waals surface area contributed by atoms with Gasteiger partial charge in [0.15, 0.2) is 0 Å². The number of aryl methyl sites for hydroxylation is 1. The number of hydrogen-bond acceptors (Lipinski definition) is 6. The van der Waals surface area contributed by atoms with Gasteiger partial charge in [0.1, 0.15) is 5.82 Å². The average Bonchev–Trinajstić information content (AvgIpc) is 3.17. The van der Waals surface area contributed by atoms with E-state index in [2.05, 4.69) is 9.97 Å². The van der Waals surface area contributed by atoms with Crippen molar-refractivity contribution in [1.82, 2.24) is 19.9 Å². The van der Waals surface area contributed by atoms with Crippen LogP contribution in [0.4, 0.5) is 10.3 Å². The molecule has 31 heavy (non-hydrogen) atoms. The molecule has 0 aliphatic carbocycles. The van der Waals surface area contributed by atoms with E-state index in [1.54, 1.807) is 23.6 Å². The molecule has 1 unspecified atom stereocenters. The minimum atomic E-state index is -0.310. The molecule has 1 amide bonds. The molecule has 1 aliphatic heterocycles. The van der Waals surface area contributed by atoms with Crippen molar-refractivity contribution in [3.05, 3.63) is 58.1 Å². The first-order chi connectivity index (χ1) is 14.9. The Hall–Kier alpha value is -2.87. The van der Waals surface area contributed by atoms with Crippen molar-refractivity contribution < 1.29 is 9.18 Å². The van der Waals surface area contributed by atoms with Crippen molar-refractivity contribution in [1.29, 1.82) is 0 Å². The molecule has 1 aromatic carbocycles. The van der Waals surface area contributed by atoms with E-state index in [1.165, 1.54) is 12.1 Å². The van der Waals surface area contributed by atoms with Crippen LogP contribution in [0.25, 0.3) is 11.1 Å². The monoisotopic (exact) mass is 439 g/mol. The van der Waals surface area contributed by atoms with Gasteiger partial charge in [0.05, 0.1) is 28.9 Å². The minimum Gasteiger partial charge on any atom is -0.347 e. The van der Waals surface area contributed by atoms with Gasteiger partial charge >= 0.3 is 0 Å². The van der Waals surface area contributed by atoms with Crippen molar-refractivity contribution in [2.45, 2.75) is 38.6 Å². The first-order valence-electron chi connectivity index (χ1n) is 10.4. The Morgan fingerprint density at radius 1 is 1.29 bits per heavy atom. The number of carbonyl (C=O) groups is 1. The molecular formula is C23H26FN5OS. The number of halogens is 1. The fourth-order valence-corrected chi connectivity index (χ4v) is 4.61. The van der Waals surface area contributed by atoms with Crippen LogP contribution in [0.1, 0.15) is 41.7 Å². The van der Waals surface area contributed by atoms with Crippen LogP contribution in [-0.4, -0.2) is 46.4 Å². The van der Waals surface area contributed by atoms with Gasteiger partial charge in [-0.05, 0) is 43.9 Å². The number of thiazole rings is 1. The topological polar surface area (TPSA) is 62.2 Å². The lowest BCUT2D eigenvalue weighted by molar-refractivity contribution is -0.134. The molecular weight excluding hydrogens is 413 g/mol. The van der Waals surface area contributed by atoms with Crippen LogP contribution >= 0.6 is 11.3 Å². The maximum atomic E-state index is 14.0. The molecule has 1 atom stereocenters. The van der Waals surface area contributed by atoms with Gasteiger partial charge in [0.2, 0.25) is 11.9 Å². The summed E-state index contributed by atoms with van der Waals surface area (Å²) in [5, 5.41) is 2.90. The second-order valence-electron chi connectivity index (χ2n) is 8.01. The SMILES string of the molecule is Cc1nc(CC(=O)N2CCCCC2c2nc(N(C)C)ncc2-c2cccc(F)c2)cs1. The molecule has 0 spiro atoms. The third-order valence-electron chi connectivity index (χ3n) is 5.48. The highest BCUT2D eigenvalue weighted by Crippen LogP contribution is 2.37. The molecule has 2 aromatic heterocycles. The summed E-state index contributed by atoms with van der Waals surface area (Å²) >= 11 is 1.55. The number of amides is 1. The number of hydrogen-bond donors (Lipinski definition) is 0. The quantitative estimate of drug-likeness (QED) is 0.589. The Morgan fingerprint density at radius 2 is 2.13 bits per heavy atom. The van der Waals surface area contributed by atoms with Gasteiger partial charge in [-0.3, -0.25) is 4.79 Å². The molecule has 3 heterocycles. The number of anilines is 1. The number of carbonyl (C=O) groups excluding carboxylic acids is 1. The zero-order chi connectivity index (χ0) is 22.0. The number of aromatic nitrogens is 3. The van der Waals surface area contributed by atoms with E-state index in [0.29, 0.717) is 18.1 Å². The lowest BCUT2D eigenvalue weighted by Crippen LogP contribution is -2.40. The largest absolute Gasteiger partial charge is 0.347 e. The smallest absolute Gasteiger partial charge is 0.229 e. The van der Waals surface area contributed by atoms with Gasteiger partial charge in [-0.1, -0.05) is 12.1 Å². The molecule has 0 radical (unpaired) electrons. The Morgan fingerprint density at radius 3 is 2.84 bits per heavy atom. The number of piperidine rings is 1. The predicted octanol–water partition coefficient (Wildman–Crippen LogP) is 4.41. The summed E-state index contributed by atoms with van der Waals surface area (Å²) < 4.78 is 14.0. The van der Waals surface area contributed by atoms with Crippen molar-refractivity contribution in [2.24, 2.45) is 0 Å². The van der Waals surface area contributed by atoms with Crippen LogP contribution in [-0.2, 0) is 11.2 Å². The molecule has 1 saturated heterocycles. The Bertz CT molecular complexity index is 1080. The summed E-state index contributed by atoms with van der Waals surface area (Å²) in [6.45, 7) is 2.62. The van der Waals surface area contributed by atoms with Gasteiger partial charge in [0, 0.05) is 37.8 Å². The highest BCUT2D eigenvalue weighted by atomic mass is 32.1. The van der Waals surface area contributed by atoms with E-state index in [4.69, 9.17) is 4.98 Å². The lowest BCUT2D eigenvalue weighted by atomic mass is 9.93. The summed E-state index contributed by atoms with van der Waals surface area (Å²) in [7, 11) is 3.77. The van der Waals surface area contributed by atoms with Gasteiger partial charge in [0.25, 0.3) is 0 Å². The van der Waals surface area contributed by atoms with E-state index < -0.39 is 0 Å². The van der Waals surface area contributed by atoms with Crippen molar-refractivity contribution in [3.8, 4) is 11.1 Å². The van der Waals surface area contributed by atoms with Crippen LogP contribution in [0.5, 0.6) is 0 Å². The first-order valence-corrected chi connectivity index (χ1v) is 11.3. The molecule has 1 fully saturated rings. The normalized spacial score (nSPS) is 16.4. The molecule has 6 nitrogen and oxygen atoms in total. The molecule has 4 rings (SSSR count). The van der Waals surface area contributed by atoms with E-state index in [0.717, 1.165) is 41.2 Å². The third kappa shape index (κ3) is 4.74. The molecule has 0 saturated carbocycles. The third-order valence-corrected chi connectivity index (χ3v) is 6.30. The second-order valence-corrected chi connectivity index (χ2v) is 9.07. The summed E-state index contributed by atoms with van der Waals surface area (Å²) in [6, 6.07) is 6.27. The van der Waals surface area contributed by atoms with Gasteiger partial charge in [-0.2, -0.15) is 0 Å². The Balaban J connectivity index is 1.73. The van der Waals surface area contributed by atoms with E-state index in [-0.39, 0.29) is 24.2 Å². The zero-order valence-corrected chi connectivity index (χ0v) is 18.8. The number of likely N-dealkylation sites (tertiary alicyclic amines) is 1. The first kappa shape index (κ1) is 21.4. The van der Waals surface area contributed by atoms with E-state index in [1.807, 2.05) is 42.3 Å². The zero-order valence-electron chi connectivity index (χ0n) is 18.0. The van der Waals surface area contributed by atoms with Gasteiger partial charge < -0.3 is 9.80 Å². The maximum absolute atomic E-state index is 14.0. The molecule has 1 aliphatic rings. The molecule has 162 valence electrons. The Kier molecular flexibility index (Phi) is 6.27. The Labute approximate surface area is 185 Å². The van der Waals surface area contributed by atoms with E-state index >= 15 is 0 Å². The molecule has 0 N–H and O–H groups in total. The summed E-state index contributed by atoms with van der Waals surface area (Å²) in [5.41, 5.74) is 3.05. The molecule has 8 heteroatoms. The summed E-state index contributed by atoms with van der Waals surface area (Å²) in [5.74, 6) is 0.309. The maximum Gasteiger partial charge on any atom is 0.229 e. The van der Waals surface area contributed by atoms with Crippen molar-refractivity contribution >= 4 is 23.2 Å². The van der Waals surface area contributed by atoms with Crippen molar-refractivity contribution in [3.63, 3.8) is 0 Å². The second kappa shape index (κ2) is 9.09. The van der Waals surface area contributed by atoms with Crippen LogP contribution in [0, 0.1) is 12.7 Å². The number of nitrogens with zero attached hydrogens (tertiary/aromatic N) is 5.